The van der Waals surface area contributed by atoms with E-state index in [2.05, 4.69) is 9.71 Å². The topological polar surface area (TPSA) is 59.1 Å². The quantitative estimate of drug-likeness (QED) is 0.695. The van der Waals surface area contributed by atoms with E-state index in [1.165, 1.54) is 23.5 Å². The lowest BCUT2D eigenvalue weighted by atomic mass is 10.2. The van der Waals surface area contributed by atoms with E-state index >= 15 is 0 Å². The third kappa shape index (κ3) is 4.07. The lowest BCUT2D eigenvalue weighted by molar-refractivity contribution is 0.580. The Morgan fingerprint density at radius 2 is 1.84 bits per heavy atom. The van der Waals surface area contributed by atoms with Crippen molar-refractivity contribution < 1.29 is 12.8 Å². The average molecular weight is 397 g/mol. The van der Waals surface area contributed by atoms with Gasteiger partial charge < -0.3 is 0 Å². The van der Waals surface area contributed by atoms with E-state index in [4.69, 9.17) is 11.6 Å². The Balaban J connectivity index is 1.80. The highest BCUT2D eigenvalue weighted by Gasteiger charge is 2.17. The maximum atomic E-state index is 12.9. The van der Waals surface area contributed by atoms with Crippen LogP contribution in [0.1, 0.15) is 10.6 Å². The zero-order valence-electron chi connectivity index (χ0n) is 13.2. The molecule has 0 radical (unpaired) electrons. The fourth-order valence-electron chi connectivity index (χ4n) is 2.20. The first-order valence-electron chi connectivity index (χ1n) is 7.33. The molecule has 130 valence electrons. The van der Waals surface area contributed by atoms with Gasteiger partial charge in [-0.3, -0.25) is 0 Å². The van der Waals surface area contributed by atoms with Gasteiger partial charge in [0, 0.05) is 17.0 Å². The van der Waals surface area contributed by atoms with Gasteiger partial charge in [-0.25, -0.2) is 22.5 Å². The Morgan fingerprint density at radius 3 is 2.52 bits per heavy atom. The molecule has 0 aliphatic rings. The summed E-state index contributed by atoms with van der Waals surface area (Å²) < 4.78 is 40.0. The van der Waals surface area contributed by atoms with Crippen LogP contribution < -0.4 is 4.72 Å². The average Bonchev–Trinajstić information content (AvgIpc) is 2.95. The normalized spacial score (nSPS) is 11.6. The molecule has 0 saturated heterocycles. The van der Waals surface area contributed by atoms with Gasteiger partial charge in [-0.05, 0) is 37.3 Å². The van der Waals surface area contributed by atoms with Crippen molar-refractivity contribution in [2.45, 2.75) is 18.4 Å². The van der Waals surface area contributed by atoms with Gasteiger partial charge in [-0.15, -0.1) is 11.3 Å². The number of benzene rings is 2. The Kier molecular flexibility index (Phi) is 5.19. The van der Waals surface area contributed by atoms with E-state index in [0.717, 1.165) is 33.3 Å². The summed E-state index contributed by atoms with van der Waals surface area (Å²) >= 11 is 7.57. The molecule has 0 aliphatic heterocycles. The summed E-state index contributed by atoms with van der Waals surface area (Å²) in [5.74, 6) is -0.485. The second-order valence-electron chi connectivity index (χ2n) is 5.29. The number of nitrogens with zero attached hydrogens (tertiary/aromatic N) is 1. The maximum absolute atomic E-state index is 12.9. The van der Waals surface area contributed by atoms with Crippen molar-refractivity contribution in [2.24, 2.45) is 0 Å². The van der Waals surface area contributed by atoms with Crippen LogP contribution in [0.4, 0.5) is 4.39 Å². The number of sulfonamides is 1. The number of rotatable bonds is 5. The van der Waals surface area contributed by atoms with Crippen molar-refractivity contribution in [3.63, 3.8) is 0 Å². The van der Waals surface area contributed by atoms with Gasteiger partial charge in [0.2, 0.25) is 10.0 Å². The molecule has 3 rings (SSSR count). The van der Waals surface area contributed by atoms with Gasteiger partial charge in [0.25, 0.3) is 0 Å². The van der Waals surface area contributed by atoms with E-state index in [1.54, 1.807) is 6.07 Å². The maximum Gasteiger partial charge on any atom is 0.240 e. The molecule has 8 heteroatoms. The standard InChI is InChI=1S/C17H14ClFN2O2S2/c1-11-16(24-17(21-11)14-4-2-3-5-15(14)18)10-20-25(22,23)13-8-6-12(19)7-9-13/h2-9,20H,10H2,1H3. The molecule has 0 saturated carbocycles. The first-order chi connectivity index (χ1) is 11.9. The van der Waals surface area contributed by atoms with E-state index in [1.807, 2.05) is 25.1 Å². The van der Waals surface area contributed by atoms with Crippen LogP contribution in [0.5, 0.6) is 0 Å². The van der Waals surface area contributed by atoms with E-state index in [-0.39, 0.29) is 11.4 Å². The fraction of sp³-hybridized carbons (Fsp3) is 0.118. The zero-order chi connectivity index (χ0) is 18.0. The van der Waals surface area contributed by atoms with Crippen molar-refractivity contribution in [2.75, 3.05) is 0 Å². The van der Waals surface area contributed by atoms with Crippen LogP contribution in [-0.2, 0) is 16.6 Å². The molecule has 0 amide bonds. The van der Waals surface area contributed by atoms with Gasteiger partial charge in [-0.1, -0.05) is 29.8 Å². The first-order valence-corrected chi connectivity index (χ1v) is 10.0. The lowest BCUT2D eigenvalue weighted by Crippen LogP contribution is -2.23. The van der Waals surface area contributed by atoms with Crippen LogP contribution >= 0.6 is 22.9 Å². The molecule has 0 fully saturated rings. The number of aryl methyl sites for hydroxylation is 1. The molecule has 2 aromatic carbocycles. The summed E-state index contributed by atoms with van der Waals surface area (Å²) in [6, 6.07) is 12.0. The van der Waals surface area contributed by atoms with Crippen LogP contribution in [-0.4, -0.2) is 13.4 Å². The molecule has 4 nitrogen and oxygen atoms in total. The summed E-state index contributed by atoms with van der Waals surface area (Å²) in [5, 5.41) is 1.33. The predicted octanol–water partition coefficient (Wildman–Crippen LogP) is 4.39. The van der Waals surface area contributed by atoms with Gasteiger partial charge in [0.15, 0.2) is 0 Å². The Hall–Kier alpha value is -1.80. The summed E-state index contributed by atoms with van der Waals surface area (Å²) in [5.41, 5.74) is 1.55. The second-order valence-corrected chi connectivity index (χ2v) is 8.54. The molecular formula is C17H14ClFN2O2S2. The number of thiazole rings is 1. The summed E-state index contributed by atoms with van der Waals surface area (Å²) in [4.78, 5) is 5.28. The van der Waals surface area contributed by atoms with Crippen LogP contribution in [0.25, 0.3) is 10.6 Å². The van der Waals surface area contributed by atoms with Crippen LogP contribution in [0.15, 0.2) is 53.4 Å². The summed E-state index contributed by atoms with van der Waals surface area (Å²) in [7, 11) is -3.72. The highest BCUT2D eigenvalue weighted by molar-refractivity contribution is 7.89. The predicted molar refractivity (Wildman–Crippen MR) is 97.7 cm³/mol. The minimum atomic E-state index is -3.72. The zero-order valence-corrected chi connectivity index (χ0v) is 15.6. The van der Waals surface area contributed by atoms with Crippen molar-refractivity contribution >= 4 is 33.0 Å². The largest absolute Gasteiger partial charge is 0.241 e. The highest BCUT2D eigenvalue weighted by Crippen LogP contribution is 2.32. The van der Waals surface area contributed by atoms with Gasteiger partial charge in [-0.2, -0.15) is 0 Å². The molecule has 0 atom stereocenters. The second kappa shape index (κ2) is 7.21. The Morgan fingerprint density at radius 1 is 1.16 bits per heavy atom. The molecule has 0 aliphatic carbocycles. The molecule has 3 aromatic rings. The third-order valence-corrected chi connectivity index (χ3v) is 6.48. The smallest absolute Gasteiger partial charge is 0.240 e. The van der Waals surface area contributed by atoms with Crippen molar-refractivity contribution in [3.05, 3.63) is 69.9 Å². The van der Waals surface area contributed by atoms with Crippen LogP contribution in [0.3, 0.4) is 0 Å². The Labute approximate surface area is 154 Å². The molecule has 0 unspecified atom stereocenters. The summed E-state index contributed by atoms with van der Waals surface area (Å²) in [6.45, 7) is 1.92. The number of hydrogen-bond acceptors (Lipinski definition) is 4. The van der Waals surface area contributed by atoms with E-state index in [9.17, 15) is 12.8 Å². The molecule has 0 spiro atoms. The van der Waals surface area contributed by atoms with E-state index in [0.29, 0.717) is 5.02 Å². The van der Waals surface area contributed by atoms with Gasteiger partial charge in [0.1, 0.15) is 10.8 Å². The van der Waals surface area contributed by atoms with Crippen molar-refractivity contribution in [3.8, 4) is 10.6 Å². The number of halogens is 2. The molecule has 0 bridgehead atoms. The monoisotopic (exact) mass is 396 g/mol. The van der Waals surface area contributed by atoms with Crippen molar-refractivity contribution in [1.29, 1.82) is 0 Å². The fourth-order valence-corrected chi connectivity index (χ4v) is 4.61. The van der Waals surface area contributed by atoms with Crippen LogP contribution in [0.2, 0.25) is 5.02 Å². The summed E-state index contributed by atoms with van der Waals surface area (Å²) in [6.07, 6.45) is 0. The molecule has 1 N–H and O–H groups in total. The minimum Gasteiger partial charge on any atom is -0.241 e. The van der Waals surface area contributed by atoms with E-state index < -0.39 is 15.8 Å². The first kappa shape index (κ1) is 18.0. The lowest BCUT2D eigenvalue weighted by Gasteiger charge is -2.05. The van der Waals surface area contributed by atoms with Gasteiger partial charge >= 0.3 is 0 Å². The minimum absolute atomic E-state index is 0.0161. The number of hydrogen-bond donors (Lipinski definition) is 1. The molecule has 1 heterocycles. The van der Waals surface area contributed by atoms with Crippen molar-refractivity contribution in [1.82, 2.24) is 9.71 Å². The highest BCUT2D eigenvalue weighted by atomic mass is 35.5. The number of aromatic nitrogens is 1. The third-order valence-electron chi connectivity index (χ3n) is 3.54. The van der Waals surface area contributed by atoms with Gasteiger partial charge in [0.05, 0.1) is 15.6 Å². The van der Waals surface area contributed by atoms with Crippen LogP contribution in [0, 0.1) is 12.7 Å². The Bertz CT molecular complexity index is 1000. The molecular weight excluding hydrogens is 383 g/mol. The number of nitrogens with one attached hydrogen (secondary N) is 1. The molecule has 1 aromatic heterocycles. The molecule has 25 heavy (non-hydrogen) atoms. The SMILES string of the molecule is Cc1nc(-c2ccccc2Cl)sc1CNS(=O)(=O)c1ccc(F)cc1.